The lowest BCUT2D eigenvalue weighted by atomic mass is 10.1. The topological polar surface area (TPSA) is 105 Å². The van der Waals surface area contributed by atoms with E-state index >= 15 is 0 Å². The van der Waals surface area contributed by atoms with Crippen molar-refractivity contribution in [2.75, 3.05) is 40.9 Å². The molecule has 0 fully saturated rings. The second-order valence-electron chi connectivity index (χ2n) is 17.1. The van der Waals surface area contributed by atoms with Crippen molar-refractivity contribution >= 4 is 13.7 Å². The van der Waals surface area contributed by atoms with E-state index in [4.69, 9.17) is 9.05 Å². The number of likely N-dealkylation sites (N-methyl/N-ethyl adjacent to an activating group) is 1. The number of carbonyl (C=O) groups is 1. The third kappa shape index (κ3) is 48.1. The SMILES string of the molecule is CC/C=C\C/C=C\C/C=C\C/C=C\C/C=C\C/C=C\C/C=C\C/C=C\C/C=C\CCCCCCCC(=O)NC(COP(=O)(O)OCC[N+](C)(C)C)C(O)/C=C/CC/C=C/CC/C=C/CC. The summed E-state index contributed by atoms with van der Waals surface area (Å²) in [5.41, 5.74) is 0. The number of quaternary nitrogens is 1. The Morgan fingerprint density at radius 3 is 1.35 bits per heavy atom. The van der Waals surface area contributed by atoms with Crippen LogP contribution in [-0.4, -0.2) is 73.4 Å². The van der Waals surface area contributed by atoms with Crippen LogP contribution in [0.5, 0.6) is 0 Å². The van der Waals surface area contributed by atoms with Gasteiger partial charge in [-0.05, 0) is 109 Å². The molecular weight excluding hydrogens is 828 g/mol. The Bertz CT molecular complexity index is 1560. The highest BCUT2D eigenvalue weighted by Gasteiger charge is 2.27. The van der Waals surface area contributed by atoms with Crippen LogP contribution in [0, 0.1) is 0 Å². The number of hydrogen-bond donors (Lipinski definition) is 3. The fraction of sp³-hybridized carbons (Fsp3) is 0.554. The van der Waals surface area contributed by atoms with E-state index in [0.717, 1.165) is 128 Å². The highest BCUT2D eigenvalue weighted by Crippen LogP contribution is 2.43. The standard InChI is InChI=1S/C56H91N2O6P/c1-6-8-10-12-14-16-18-19-20-21-22-23-24-25-26-27-28-29-30-31-32-33-34-35-36-37-38-39-40-42-44-46-48-50-56(60)57-54(53-64-65(61,62)63-52-51-58(3,4)5)55(59)49-47-45-43-41-17-15-13-11-9-7-2/h8-11,14,16-17,19-20,22-23,25-26,28-29,31-32,34-35,37-38,41,47,49,54-55,59H,6-7,12-13,15,18,21,24,27,30,33,36,39-40,42-46,48,50-53H2,1-5H3,(H-,57,60,61,62)/p+1/b10-8-,11-9+,16-14-,20-19-,23-22-,26-25-,29-28-,32-31-,35-34-,38-37-,41-17+,49-47+. The van der Waals surface area contributed by atoms with Crippen LogP contribution in [0.25, 0.3) is 0 Å². The van der Waals surface area contributed by atoms with Crippen LogP contribution in [0.2, 0.25) is 0 Å². The van der Waals surface area contributed by atoms with Crippen LogP contribution < -0.4 is 5.32 Å². The van der Waals surface area contributed by atoms with Gasteiger partial charge in [0.25, 0.3) is 0 Å². The van der Waals surface area contributed by atoms with Crippen molar-refractivity contribution in [3.63, 3.8) is 0 Å². The molecule has 0 aromatic rings. The fourth-order valence-corrected chi connectivity index (χ4v) is 6.69. The molecule has 65 heavy (non-hydrogen) atoms. The molecule has 0 radical (unpaired) electrons. The van der Waals surface area contributed by atoms with Crippen LogP contribution >= 0.6 is 7.82 Å². The van der Waals surface area contributed by atoms with Gasteiger partial charge in [0.2, 0.25) is 5.91 Å². The summed E-state index contributed by atoms with van der Waals surface area (Å²) in [4.78, 5) is 23.1. The summed E-state index contributed by atoms with van der Waals surface area (Å²) < 4.78 is 23.5. The van der Waals surface area contributed by atoms with E-state index in [0.29, 0.717) is 17.4 Å². The molecule has 9 heteroatoms. The predicted molar refractivity (Wildman–Crippen MR) is 281 cm³/mol. The third-order valence-corrected chi connectivity index (χ3v) is 10.8. The minimum Gasteiger partial charge on any atom is -0.387 e. The van der Waals surface area contributed by atoms with Gasteiger partial charge in [-0.25, -0.2) is 4.57 Å². The van der Waals surface area contributed by atoms with Gasteiger partial charge in [-0.1, -0.05) is 179 Å². The number of carbonyl (C=O) groups excluding carboxylic acids is 1. The average molecular weight is 920 g/mol. The number of amides is 1. The van der Waals surface area contributed by atoms with Crippen molar-refractivity contribution in [3.05, 3.63) is 146 Å². The number of allylic oxidation sites excluding steroid dienone is 23. The minimum absolute atomic E-state index is 0.0402. The molecule has 0 saturated carbocycles. The Morgan fingerprint density at radius 1 is 0.523 bits per heavy atom. The first kappa shape index (κ1) is 61.4. The summed E-state index contributed by atoms with van der Waals surface area (Å²) in [5.74, 6) is -0.221. The molecule has 366 valence electrons. The van der Waals surface area contributed by atoms with E-state index in [2.05, 4.69) is 153 Å². The zero-order valence-electron chi connectivity index (χ0n) is 41.4. The number of nitrogens with zero attached hydrogens (tertiary/aromatic N) is 1. The molecule has 3 N–H and O–H groups in total. The number of phosphoric ester groups is 1. The number of unbranched alkanes of at least 4 members (excludes halogenated alkanes) is 7. The second kappa shape index (κ2) is 45.5. The lowest BCUT2D eigenvalue weighted by molar-refractivity contribution is -0.870. The van der Waals surface area contributed by atoms with Gasteiger partial charge in [-0.15, -0.1) is 0 Å². The fourth-order valence-electron chi connectivity index (χ4n) is 5.95. The number of aliphatic hydroxyl groups is 1. The molecule has 3 unspecified atom stereocenters. The maximum absolute atomic E-state index is 12.9. The summed E-state index contributed by atoms with van der Waals surface area (Å²) in [6, 6.07) is -0.890. The van der Waals surface area contributed by atoms with Gasteiger partial charge >= 0.3 is 7.82 Å². The molecule has 0 spiro atoms. The number of aliphatic hydroxyl groups excluding tert-OH is 1. The van der Waals surface area contributed by atoms with E-state index in [-0.39, 0.29) is 19.1 Å². The summed E-state index contributed by atoms with van der Waals surface area (Å²) in [6.45, 7) is 4.49. The van der Waals surface area contributed by atoms with Gasteiger partial charge in [-0.2, -0.15) is 0 Å². The van der Waals surface area contributed by atoms with E-state index in [1.165, 1.54) is 0 Å². The minimum atomic E-state index is -4.36. The van der Waals surface area contributed by atoms with E-state index in [9.17, 15) is 19.4 Å². The molecule has 0 aromatic carbocycles. The van der Waals surface area contributed by atoms with Crippen molar-refractivity contribution in [1.29, 1.82) is 0 Å². The first-order valence-corrected chi connectivity index (χ1v) is 26.2. The Morgan fingerprint density at radius 2 is 0.892 bits per heavy atom. The molecule has 3 atom stereocenters. The zero-order chi connectivity index (χ0) is 47.8. The molecule has 0 heterocycles. The van der Waals surface area contributed by atoms with Gasteiger partial charge in [-0.3, -0.25) is 13.8 Å². The Balaban J connectivity index is 4.27. The van der Waals surface area contributed by atoms with Crippen LogP contribution in [0.1, 0.15) is 149 Å². The van der Waals surface area contributed by atoms with Gasteiger partial charge in [0.05, 0.1) is 39.9 Å². The normalized spacial score (nSPS) is 15.4. The summed E-state index contributed by atoms with van der Waals surface area (Å²) >= 11 is 0. The molecule has 0 aliphatic rings. The van der Waals surface area contributed by atoms with Gasteiger partial charge in [0.1, 0.15) is 13.2 Å². The highest BCUT2D eigenvalue weighted by molar-refractivity contribution is 7.47. The van der Waals surface area contributed by atoms with Gasteiger partial charge in [0, 0.05) is 6.42 Å². The maximum atomic E-state index is 12.9. The smallest absolute Gasteiger partial charge is 0.387 e. The number of nitrogens with one attached hydrogen (secondary N) is 1. The molecule has 0 saturated heterocycles. The molecule has 8 nitrogen and oxygen atoms in total. The molecule has 0 rings (SSSR count). The Hall–Kier alpha value is -3.62. The Labute approximate surface area is 398 Å². The molecule has 0 aliphatic carbocycles. The van der Waals surface area contributed by atoms with Crippen LogP contribution in [0.3, 0.4) is 0 Å². The maximum Gasteiger partial charge on any atom is 0.472 e. The molecule has 0 aromatic heterocycles. The molecule has 0 aliphatic heterocycles. The number of hydrogen-bond acceptors (Lipinski definition) is 5. The molecule has 0 bridgehead atoms. The van der Waals surface area contributed by atoms with E-state index in [1.807, 2.05) is 27.2 Å². The van der Waals surface area contributed by atoms with Crippen molar-refractivity contribution in [2.45, 2.75) is 161 Å². The Kier molecular flexibility index (Phi) is 43.0. The summed E-state index contributed by atoms with van der Waals surface area (Å²) in [6.07, 6.45) is 70.9. The zero-order valence-corrected chi connectivity index (χ0v) is 42.3. The first-order valence-electron chi connectivity index (χ1n) is 24.7. The van der Waals surface area contributed by atoms with Crippen molar-refractivity contribution in [1.82, 2.24) is 5.32 Å². The van der Waals surface area contributed by atoms with Gasteiger partial charge < -0.3 is 19.8 Å². The number of rotatable bonds is 42. The van der Waals surface area contributed by atoms with Crippen LogP contribution in [0.4, 0.5) is 0 Å². The molecular formula is C56H92N2O6P+. The predicted octanol–water partition coefficient (Wildman–Crippen LogP) is 14.6. The van der Waals surface area contributed by atoms with Crippen molar-refractivity contribution in [2.24, 2.45) is 0 Å². The van der Waals surface area contributed by atoms with Crippen molar-refractivity contribution in [3.8, 4) is 0 Å². The van der Waals surface area contributed by atoms with E-state index < -0.39 is 20.0 Å². The lowest BCUT2D eigenvalue weighted by Gasteiger charge is -2.25. The number of phosphoric acid groups is 1. The van der Waals surface area contributed by atoms with Crippen molar-refractivity contribution < 1.29 is 32.9 Å². The summed E-state index contributed by atoms with van der Waals surface area (Å²) in [7, 11) is 1.50. The molecule has 1 amide bonds. The first-order chi connectivity index (χ1) is 31.5. The van der Waals surface area contributed by atoms with Gasteiger partial charge in [0.15, 0.2) is 0 Å². The second-order valence-corrected chi connectivity index (χ2v) is 18.5. The van der Waals surface area contributed by atoms with Crippen LogP contribution in [-0.2, 0) is 18.4 Å². The summed E-state index contributed by atoms with van der Waals surface area (Å²) in [5, 5.41) is 13.7. The van der Waals surface area contributed by atoms with Crippen LogP contribution in [0.15, 0.2) is 146 Å². The quantitative estimate of drug-likeness (QED) is 0.0244. The monoisotopic (exact) mass is 920 g/mol. The highest BCUT2D eigenvalue weighted by atomic mass is 31.2. The third-order valence-electron chi connectivity index (χ3n) is 9.78. The average Bonchev–Trinajstić information content (AvgIpc) is 3.26. The lowest BCUT2D eigenvalue weighted by Crippen LogP contribution is -2.45. The van der Waals surface area contributed by atoms with E-state index in [1.54, 1.807) is 6.08 Å². The largest absolute Gasteiger partial charge is 0.472 e.